The second-order valence-corrected chi connectivity index (χ2v) is 9.41. The minimum absolute atomic E-state index is 0.198. The summed E-state index contributed by atoms with van der Waals surface area (Å²) in [6.45, 7) is 9.62. The molecule has 1 atom stereocenters. The molecule has 0 radical (unpaired) electrons. The Morgan fingerprint density at radius 3 is 2.37 bits per heavy atom. The van der Waals surface area contributed by atoms with Gasteiger partial charge < -0.3 is 5.32 Å². The molecule has 1 nitrogen and oxygen atoms in total. The zero-order chi connectivity index (χ0) is 13.9. The highest BCUT2D eigenvalue weighted by molar-refractivity contribution is 6.58. The molecule has 0 saturated heterocycles. The highest BCUT2D eigenvalue weighted by Crippen LogP contribution is 2.36. The van der Waals surface area contributed by atoms with Gasteiger partial charge in [-0.2, -0.15) is 0 Å². The fourth-order valence-corrected chi connectivity index (χ4v) is 5.39. The third kappa shape index (κ3) is 3.18. The van der Waals surface area contributed by atoms with Gasteiger partial charge in [0.25, 0.3) is 0 Å². The smallest absolute Gasteiger partial charge is 0.0583 e. The first-order chi connectivity index (χ1) is 9.01. The van der Waals surface area contributed by atoms with Crippen LogP contribution in [0.4, 0.5) is 5.69 Å². The monoisotopic (exact) mass is 271 g/mol. The van der Waals surface area contributed by atoms with E-state index in [4.69, 9.17) is 0 Å². The summed E-state index contributed by atoms with van der Waals surface area (Å²) in [6, 6.07) is 10.6. The van der Waals surface area contributed by atoms with Crippen molar-refractivity contribution in [3.05, 3.63) is 54.1 Å². The molecular weight excluding hydrogens is 246 g/mol. The van der Waals surface area contributed by atoms with Crippen molar-refractivity contribution >= 4 is 14.5 Å². The van der Waals surface area contributed by atoms with Gasteiger partial charge in [0.1, 0.15) is 0 Å². The van der Waals surface area contributed by atoms with Crippen LogP contribution in [0, 0.1) is 5.41 Å². The van der Waals surface area contributed by atoms with Gasteiger partial charge in [0.2, 0.25) is 0 Å². The average molecular weight is 271 g/mol. The Morgan fingerprint density at radius 2 is 1.84 bits per heavy atom. The Kier molecular flexibility index (Phi) is 4.30. The van der Waals surface area contributed by atoms with Crippen LogP contribution in [0.3, 0.4) is 0 Å². The summed E-state index contributed by atoms with van der Waals surface area (Å²) in [4.78, 5) is 0. The third-order valence-electron chi connectivity index (χ3n) is 4.06. The molecule has 1 aliphatic rings. The number of rotatable bonds is 5. The Morgan fingerprint density at radius 1 is 1.16 bits per heavy atom. The van der Waals surface area contributed by atoms with Crippen molar-refractivity contribution in [3.63, 3.8) is 0 Å². The van der Waals surface area contributed by atoms with Crippen molar-refractivity contribution in [2.24, 2.45) is 5.41 Å². The normalized spacial score (nSPS) is 16.6. The molecule has 0 amide bonds. The lowest BCUT2D eigenvalue weighted by Crippen LogP contribution is -2.46. The molecule has 1 N–H and O–H groups in total. The second kappa shape index (κ2) is 5.79. The molecule has 0 bridgehead atoms. The third-order valence-corrected chi connectivity index (χ3v) is 6.39. The molecule has 1 unspecified atom stereocenters. The van der Waals surface area contributed by atoms with E-state index in [0.717, 1.165) is 6.42 Å². The van der Waals surface area contributed by atoms with E-state index in [1.807, 2.05) is 0 Å². The molecule has 1 aromatic carbocycles. The van der Waals surface area contributed by atoms with Crippen LogP contribution in [0.2, 0.25) is 13.1 Å². The van der Waals surface area contributed by atoms with E-state index in [9.17, 15) is 0 Å². The fraction of sp³-hybridized carbons (Fsp3) is 0.412. The Labute approximate surface area is 119 Å². The molecule has 2 rings (SSSR count). The number of allylic oxidation sites excluding steroid dienone is 3. The topological polar surface area (TPSA) is 12.0 Å². The fourth-order valence-electron chi connectivity index (χ4n) is 3.01. The minimum Gasteiger partial charge on any atom is -0.385 e. The molecule has 0 spiro atoms. The summed E-state index contributed by atoms with van der Waals surface area (Å²) in [6.07, 6.45) is 8.03. The Balaban J connectivity index is 2.22. The standard InChI is InChI=1S/C17H25NSi/c1-17(2,14-10-8-9-11-14)16(19(3)4)18-15-12-6-5-7-13-15/h5-8,10-13,16,18-19H,9H2,1-4H3. The van der Waals surface area contributed by atoms with Crippen LogP contribution in [-0.2, 0) is 0 Å². The summed E-state index contributed by atoms with van der Waals surface area (Å²) in [7, 11) is -0.822. The van der Waals surface area contributed by atoms with Crippen LogP contribution >= 0.6 is 0 Å². The van der Waals surface area contributed by atoms with Gasteiger partial charge in [-0.05, 0) is 24.1 Å². The molecule has 1 aliphatic carbocycles. The van der Waals surface area contributed by atoms with Crippen LogP contribution in [0.1, 0.15) is 20.3 Å². The molecule has 0 aromatic heterocycles. The second-order valence-electron chi connectivity index (χ2n) is 6.25. The first-order valence-corrected chi connectivity index (χ1v) is 10.2. The Bertz CT molecular complexity index is 471. The molecule has 1 aromatic rings. The Hall–Kier alpha value is -1.28. The highest BCUT2D eigenvalue weighted by Gasteiger charge is 2.35. The zero-order valence-corrected chi connectivity index (χ0v) is 13.6. The average Bonchev–Trinajstić information content (AvgIpc) is 2.91. The predicted octanol–water partition coefficient (Wildman–Crippen LogP) is 4.41. The van der Waals surface area contributed by atoms with Crippen LogP contribution in [0.15, 0.2) is 54.1 Å². The van der Waals surface area contributed by atoms with Crippen LogP contribution in [0.25, 0.3) is 0 Å². The van der Waals surface area contributed by atoms with Crippen molar-refractivity contribution in [1.29, 1.82) is 0 Å². The summed E-state index contributed by atoms with van der Waals surface area (Å²) >= 11 is 0. The van der Waals surface area contributed by atoms with Crippen molar-refractivity contribution in [2.45, 2.75) is 39.0 Å². The van der Waals surface area contributed by atoms with Crippen molar-refractivity contribution in [2.75, 3.05) is 5.32 Å². The van der Waals surface area contributed by atoms with Crippen molar-refractivity contribution in [3.8, 4) is 0 Å². The van der Waals surface area contributed by atoms with E-state index in [2.05, 4.69) is 80.8 Å². The molecule has 0 fully saturated rings. The molecule has 19 heavy (non-hydrogen) atoms. The van der Waals surface area contributed by atoms with Crippen LogP contribution < -0.4 is 5.32 Å². The summed E-state index contributed by atoms with van der Waals surface area (Å²) in [5.74, 6) is 0. The first kappa shape index (κ1) is 14.1. The summed E-state index contributed by atoms with van der Waals surface area (Å²) in [5.41, 5.74) is 3.49. The van der Waals surface area contributed by atoms with E-state index in [1.165, 1.54) is 11.3 Å². The van der Waals surface area contributed by atoms with Crippen molar-refractivity contribution < 1.29 is 0 Å². The highest BCUT2D eigenvalue weighted by atomic mass is 28.3. The van der Waals surface area contributed by atoms with Gasteiger partial charge in [0, 0.05) is 16.8 Å². The molecule has 0 aliphatic heterocycles. The number of benzene rings is 1. The number of anilines is 1. The molecule has 102 valence electrons. The van der Waals surface area contributed by atoms with E-state index < -0.39 is 8.80 Å². The molecule has 2 heteroatoms. The van der Waals surface area contributed by atoms with Gasteiger partial charge in [0.15, 0.2) is 0 Å². The van der Waals surface area contributed by atoms with Gasteiger partial charge in [-0.25, -0.2) is 0 Å². The lowest BCUT2D eigenvalue weighted by Gasteiger charge is -2.39. The van der Waals surface area contributed by atoms with Crippen LogP contribution in [-0.4, -0.2) is 14.5 Å². The maximum Gasteiger partial charge on any atom is 0.0583 e. The molecular formula is C17H25NSi. The van der Waals surface area contributed by atoms with Gasteiger partial charge >= 0.3 is 0 Å². The van der Waals surface area contributed by atoms with Gasteiger partial charge in [0.05, 0.1) is 8.80 Å². The number of hydrogen-bond donors (Lipinski definition) is 1. The lowest BCUT2D eigenvalue weighted by atomic mass is 9.84. The minimum atomic E-state index is -0.822. The number of para-hydroxylation sites is 1. The van der Waals surface area contributed by atoms with Crippen molar-refractivity contribution in [1.82, 2.24) is 0 Å². The quantitative estimate of drug-likeness (QED) is 0.782. The van der Waals surface area contributed by atoms with E-state index in [1.54, 1.807) is 0 Å². The molecule has 0 saturated carbocycles. The SMILES string of the molecule is C[SiH](C)C(Nc1ccccc1)C(C)(C)C1=CCC=C1. The molecule has 0 heterocycles. The van der Waals surface area contributed by atoms with Gasteiger partial charge in [-0.1, -0.05) is 63.4 Å². The number of hydrogen-bond acceptors (Lipinski definition) is 1. The van der Waals surface area contributed by atoms with E-state index >= 15 is 0 Å². The first-order valence-electron chi connectivity index (χ1n) is 7.20. The van der Waals surface area contributed by atoms with E-state index in [0.29, 0.717) is 5.67 Å². The maximum atomic E-state index is 3.78. The van der Waals surface area contributed by atoms with E-state index in [-0.39, 0.29) is 5.41 Å². The zero-order valence-electron chi connectivity index (χ0n) is 12.5. The van der Waals surface area contributed by atoms with Crippen LogP contribution in [0.5, 0.6) is 0 Å². The predicted molar refractivity (Wildman–Crippen MR) is 88.4 cm³/mol. The summed E-state index contributed by atoms with van der Waals surface area (Å²) < 4.78 is 0. The lowest BCUT2D eigenvalue weighted by molar-refractivity contribution is 0.448. The largest absolute Gasteiger partial charge is 0.385 e. The van der Waals surface area contributed by atoms with Gasteiger partial charge in [-0.3, -0.25) is 0 Å². The maximum absolute atomic E-state index is 3.78. The van der Waals surface area contributed by atoms with Gasteiger partial charge in [-0.15, -0.1) is 0 Å². The number of nitrogens with one attached hydrogen (secondary N) is 1. The summed E-state index contributed by atoms with van der Waals surface area (Å²) in [5, 5.41) is 3.78.